The number of benzene rings is 4. The third-order valence-electron chi connectivity index (χ3n) is 6.52. The molecule has 4 aromatic rings. The highest BCUT2D eigenvalue weighted by Gasteiger charge is 2.36. The topological polar surface area (TPSA) is 43.4 Å². The summed E-state index contributed by atoms with van der Waals surface area (Å²) < 4.78 is 5.16. The van der Waals surface area contributed by atoms with E-state index in [0.717, 1.165) is 33.4 Å². The van der Waals surface area contributed by atoms with Crippen LogP contribution in [0.5, 0.6) is 0 Å². The number of ether oxygens (including phenoxy) is 1. The average Bonchev–Trinajstić information content (AvgIpc) is 2.89. The molecule has 34 heavy (non-hydrogen) atoms. The molecule has 1 heterocycles. The summed E-state index contributed by atoms with van der Waals surface area (Å²) in [6.45, 7) is 0. The number of carbonyl (C=O) groups is 2. The van der Waals surface area contributed by atoms with E-state index in [1.807, 2.05) is 36.4 Å². The van der Waals surface area contributed by atoms with Crippen molar-refractivity contribution in [2.45, 2.75) is 19.3 Å². The van der Waals surface area contributed by atoms with Crippen molar-refractivity contribution in [3.8, 4) is 22.3 Å². The first-order valence-corrected chi connectivity index (χ1v) is 11.7. The summed E-state index contributed by atoms with van der Waals surface area (Å²) in [7, 11) is 0. The first kappa shape index (κ1) is 21.8. The largest absolute Gasteiger partial charge is 0.393 e. The predicted molar refractivity (Wildman–Crippen MR) is 134 cm³/mol. The molecule has 0 bridgehead atoms. The van der Waals surface area contributed by atoms with Crippen LogP contribution in [0, 0.1) is 11.8 Å². The molecule has 4 aromatic carbocycles. The second-order valence-electron chi connectivity index (χ2n) is 8.90. The van der Waals surface area contributed by atoms with Crippen molar-refractivity contribution in [2.75, 3.05) is 0 Å². The van der Waals surface area contributed by atoms with Crippen molar-refractivity contribution >= 4 is 11.9 Å². The highest BCUT2D eigenvalue weighted by molar-refractivity contribution is 5.91. The molecule has 1 saturated heterocycles. The molecular weight excluding hydrogens is 420 g/mol. The Kier molecular flexibility index (Phi) is 6.35. The van der Waals surface area contributed by atoms with E-state index in [0.29, 0.717) is 19.3 Å². The van der Waals surface area contributed by atoms with Crippen molar-refractivity contribution in [2.24, 2.45) is 11.8 Å². The zero-order chi connectivity index (χ0) is 23.3. The van der Waals surface area contributed by atoms with Crippen LogP contribution in [0.1, 0.15) is 17.5 Å². The van der Waals surface area contributed by atoms with E-state index < -0.39 is 11.9 Å². The van der Waals surface area contributed by atoms with E-state index in [2.05, 4.69) is 72.8 Å². The lowest BCUT2D eigenvalue weighted by molar-refractivity contribution is -0.171. The molecule has 3 heteroatoms. The minimum Gasteiger partial charge on any atom is -0.393 e. The fourth-order valence-corrected chi connectivity index (χ4v) is 4.63. The van der Waals surface area contributed by atoms with Gasteiger partial charge in [0.2, 0.25) is 0 Å². The van der Waals surface area contributed by atoms with Crippen molar-refractivity contribution < 1.29 is 14.3 Å². The second-order valence-corrected chi connectivity index (χ2v) is 8.90. The molecule has 2 atom stereocenters. The number of rotatable bonds is 6. The fraction of sp³-hybridized carbons (Fsp3) is 0.161. The molecule has 5 rings (SSSR count). The Hall–Kier alpha value is -3.98. The van der Waals surface area contributed by atoms with Crippen molar-refractivity contribution in [3.63, 3.8) is 0 Å². The van der Waals surface area contributed by atoms with Crippen LogP contribution >= 0.6 is 0 Å². The SMILES string of the molecule is O=C1OC(=O)[C@H](Cc2ccc(-c3ccccc3)cc2)C[C@H]1Cc1ccc(-c2ccccc2)cc1. The third-order valence-corrected chi connectivity index (χ3v) is 6.52. The molecular formula is C31H26O3. The molecule has 1 fully saturated rings. The minimum absolute atomic E-state index is 0.311. The molecule has 0 saturated carbocycles. The molecule has 3 nitrogen and oxygen atoms in total. The molecule has 1 aliphatic heterocycles. The number of cyclic esters (lactones) is 2. The minimum atomic E-state index is -0.409. The Morgan fingerprint density at radius 3 is 1.24 bits per heavy atom. The van der Waals surface area contributed by atoms with Gasteiger partial charge in [0.1, 0.15) is 0 Å². The zero-order valence-electron chi connectivity index (χ0n) is 18.9. The van der Waals surface area contributed by atoms with Gasteiger partial charge in [0.05, 0.1) is 11.8 Å². The fourth-order valence-electron chi connectivity index (χ4n) is 4.63. The maximum Gasteiger partial charge on any atom is 0.316 e. The van der Waals surface area contributed by atoms with Gasteiger partial charge in [-0.25, -0.2) is 0 Å². The molecule has 0 spiro atoms. The Morgan fingerprint density at radius 2 is 0.853 bits per heavy atom. The monoisotopic (exact) mass is 446 g/mol. The van der Waals surface area contributed by atoms with Crippen LogP contribution in [0.4, 0.5) is 0 Å². The molecule has 0 unspecified atom stereocenters. The molecule has 0 amide bonds. The van der Waals surface area contributed by atoms with Crippen LogP contribution in [0.2, 0.25) is 0 Å². The van der Waals surface area contributed by atoms with E-state index >= 15 is 0 Å². The number of hydrogen-bond donors (Lipinski definition) is 0. The van der Waals surface area contributed by atoms with Crippen molar-refractivity contribution in [1.82, 2.24) is 0 Å². The van der Waals surface area contributed by atoms with Crippen molar-refractivity contribution in [3.05, 3.63) is 120 Å². The first-order chi connectivity index (χ1) is 16.7. The Balaban J connectivity index is 1.24. The van der Waals surface area contributed by atoms with Crippen LogP contribution in [-0.4, -0.2) is 11.9 Å². The zero-order valence-corrected chi connectivity index (χ0v) is 18.9. The molecule has 0 aromatic heterocycles. The van der Waals surface area contributed by atoms with Gasteiger partial charge in [-0.15, -0.1) is 0 Å². The van der Waals surface area contributed by atoms with Crippen molar-refractivity contribution in [1.29, 1.82) is 0 Å². The lowest BCUT2D eigenvalue weighted by atomic mass is 9.84. The van der Waals surface area contributed by atoms with E-state index in [1.165, 1.54) is 0 Å². The van der Waals surface area contributed by atoms with Crippen LogP contribution in [0.25, 0.3) is 22.3 Å². The molecule has 0 N–H and O–H groups in total. The van der Waals surface area contributed by atoms with Gasteiger partial charge in [0, 0.05) is 0 Å². The van der Waals surface area contributed by atoms with Gasteiger partial charge < -0.3 is 4.74 Å². The maximum atomic E-state index is 12.5. The molecule has 0 radical (unpaired) electrons. The van der Waals surface area contributed by atoms with Gasteiger partial charge in [-0.2, -0.15) is 0 Å². The number of esters is 2. The summed E-state index contributed by atoms with van der Waals surface area (Å²) in [5.74, 6) is -1.44. The van der Waals surface area contributed by atoms with E-state index in [9.17, 15) is 9.59 Å². The van der Waals surface area contributed by atoms with Crippen LogP contribution < -0.4 is 0 Å². The molecule has 0 aliphatic carbocycles. The van der Waals surface area contributed by atoms with E-state index in [-0.39, 0.29) is 11.8 Å². The van der Waals surface area contributed by atoms with Crippen LogP contribution in [-0.2, 0) is 27.2 Å². The average molecular weight is 447 g/mol. The summed E-state index contributed by atoms with van der Waals surface area (Å²) >= 11 is 0. The lowest BCUT2D eigenvalue weighted by Gasteiger charge is -2.26. The summed E-state index contributed by atoms with van der Waals surface area (Å²) in [5, 5.41) is 0. The van der Waals surface area contributed by atoms with Gasteiger partial charge in [0.25, 0.3) is 0 Å². The third kappa shape index (κ3) is 4.99. The highest BCUT2D eigenvalue weighted by atomic mass is 16.6. The van der Waals surface area contributed by atoms with E-state index in [4.69, 9.17) is 4.74 Å². The Labute approximate surface area is 200 Å². The lowest BCUT2D eigenvalue weighted by Crippen LogP contribution is -2.36. The number of hydrogen-bond acceptors (Lipinski definition) is 3. The standard InChI is InChI=1S/C31H26O3/c32-30-28(19-22-11-15-26(16-12-22)24-7-3-1-4-8-24)21-29(31(33)34-30)20-23-13-17-27(18-14-23)25-9-5-2-6-10-25/h1-18,28-29H,19-21H2/t28-,29-/m1/s1. The van der Waals surface area contributed by atoms with Gasteiger partial charge in [0.15, 0.2) is 0 Å². The Morgan fingerprint density at radius 1 is 0.500 bits per heavy atom. The summed E-state index contributed by atoms with van der Waals surface area (Å²) in [5.41, 5.74) is 6.75. The summed E-state index contributed by atoms with van der Waals surface area (Å²) in [4.78, 5) is 24.9. The quantitative estimate of drug-likeness (QED) is 0.250. The predicted octanol–water partition coefficient (Wildman–Crippen LogP) is 6.51. The molecule has 1 aliphatic rings. The van der Waals surface area contributed by atoms with Crippen LogP contribution in [0.15, 0.2) is 109 Å². The van der Waals surface area contributed by atoms with Gasteiger partial charge in [-0.05, 0) is 52.6 Å². The molecule has 168 valence electrons. The van der Waals surface area contributed by atoms with Gasteiger partial charge in [-0.3, -0.25) is 9.59 Å². The van der Waals surface area contributed by atoms with Crippen LogP contribution in [0.3, 0.4) is 0 Å². The smallest absolute Gasteiger partial charge is 0.316 e. The first-order valence-electron chi connectivity index (χ1n) is 11.7. The highest BCUT2D eigenvalue weighted by Crippen LogP contribution is 2.29. The maximum absolute atomic E-state index is 12.5. The normalized spacial score (nSPS) is 17.9. The number of carbonyl (C=O) groups excluding carboxylic acids is 2. The Bertz CT molecular complexity index is 1160. The second kappa shape index (κ2) is 9.88. The summed E-state index contributed by atoms with van der Waals surface area (Å²) in [6, 6.07) is 37.0. The van der Waals surface area contributed by atoms with E-state index in [1.54, 1.807) is 0 Å². The summed E-state index contributed by atoms with van der Waals surface area (Å²) in [6.07, 6.45) is 1.66. The van der Waals surface area contributed by atoms with Gasteiger partial charge >= 0.3 is 11.9 Å². The van der Waals surface area contributed by atoms with Gasteiger partial charge in [-0.1, -0.05) is 109 Å².